The summed E-state index contributed by atoms with van der Waals surface area (Å²) in [6.07, 6.45) is 0. The van der Waals surface area contributed by atoms with Gasteiger partial charge in [-0.2, -0.15) is 0 Å². The van der Waals surface area contributed by atoms with Crippen LogP contribution in [0.4, 0.5) is 4.39 Å². The van der Waals surface area contributed by atoms with Crippen LogP contribution in [0.25, 0.3) is 0 Å². The molecule has 0 radical (unpaired) electrons. The second-order valence-electron chi connectivity index (χ2n) is 2.83. The van der Waals surface area contributed by atoms with E-state index >= 15 is 0 Å². The number of ether oxygens (including phenoxy) is 1. The van der Waals surface area contributed by atoms with Crippen molar-refractivity contribution in [3.05, 3.63) is 29.6 Å². The summed E-state index contributed by atoms with van der Waals surface area (Å²) in [6.45, 7) is 0.895. The number of halogens is 1. The van der Waals surface area contributed by atoms with Crippen LogP contribution in [0.15, 0.2) is 18.2 Å². The van der Waals surface area contributed by atoms with Crippen LogP contribution < -0.4 is 10.1 Å². The van der Waals surface area contributed by atoms with Gasteiger partial charge in [0.15, 0.2) is 11.6 Å². The zero-order valence-corrected chi connectivity index (χ0v) is 8.09. The lowest BCUT2D eigenvalue weighted by Gasteiger charge is -2.07. The van der Waals surface area contributed by atoms with Gasteiger partial charge in [0, 0.05) is 18.7 Å². The molecule has 0 unspecified atom stereocenters. The molecule has 0 aliphatic carbocycles. The van der Waals surface area contributed by atoms with Gasteiger partial charge in [0.2, 0.25) is 0 Å². The van der Waals surface area contributed by atoms with E-state index in [9.17, 15) is 4.39 Å². The van der Waals surface area contributed by atoms with Crippen molar-refractivity contribution >= 4 is 0 Å². The Balaban J connectivity index is 2.66. The van der Waals surface area contributed by atoms with Gasteiger partial charge in [-0.25, -0.2) is 4.39 Å². The second-order valence-corrected chi connectivity index (χ2v) is 2.83. The summed E-state index contributed by atoms with van der Waals surface area (Å²) in [4.78, 5) is 0. The van der Waals surface area contributed by atoms with Gasteiger partial charge >= 0.3 is 0 Å². The number of hydrogen-bond acceptors (Lipinski definition) is 3. The standard InChI is InChI=1S/C10H14FNO2/c1-14-9-4-2-3-8(10(9)11)7-12-5-6-13/h2-4,12-13H,5-7H2,1H3. The zero-order chi connectivity index (χ0) is 10.4. The first-order valence-corrected chi connectivity index (χ1v) is 4.42. The van der Waals surface area contributed by atoms with E-state index < -0.39 is 0 Å². The van der Waals surface area contributed by atoms with Crippen LogP contribution in [0.1, 0.15) is 5.56 Å². The number of hydrogen-bond donors (Lipinski definition) is 2. The number of methoxy groups -OCH3 is 1. The Kier molecular flexibility index (Phi) is 4.35. The molecule has 0 spiro atoms. The highest BCUT2D eigenvalue weighted by atomic mass is 19.1. The Hall–Kier alpha value is -1.13. The monoisotopic (exact) mass is 199 g/mol. The third kappa shape index (κ3) is 2.68. The van der Waals surface area contributed by atoms with E-state index in [2.05, 4.69) is 5.32 Å². The summed E-state index contributed by atoms with van der Waals surface area (Å²) in [5, 5.41) is 11.4. The lowest BCUT2D eigenvalue weighted by Crippen LogP contribution is -2.18. The molecule has 0 amide bonds. The molecule has 0 aromatic heterocycles. The molecule has 1 aromatic rings. The fourth-order valence-electron chi connectivity index (χ4n) is 1.15. The topological polar surface area (TPSA) is 41.5 Å². The summed E-state index contributed by atoms with van der Waals surface area (Å²) in [7, 11) is 1.43. The maximum Gasteiger partial charge on any atom is 0.169 e. The highest BCUT2D eigenvalue weighted by Gasteiger charge is 2.06. The first-order valence-electron chi connectivity index (χ1n) is 4.42. The Morgan fingerprint density at radius 3 is 2.93 bits per heavy atom. The Morgan fingerprint density at radius 2 is 2.29 bits per heavy atom. The largest absolute Gasteiger partial charge is 0.494 e. The van der Waals surface area contributed by atoms with Crippen molar-refractivity contribution in [3.8, 4) is 5.75 Å². The number of aliphatic hydroxyl groups is 1. The Labute approximate surface area is 82.5 Å². The highest BCUT2D eigenvalue weighted by Crippen LogP contribution is 2.19. The minimum Gasteiger partial charge on any atom is -0.494 e. The highest BCUT2D eigenvalue weighted by molar-refractivity contribution is 5.30. The summed E-state index contributed by atoms with van der Waals surface area (Å²) in [5.74, 6) is -0.103. The quantitative estimate of drug-likeness (QED) is 0.693. The molecular formula is C10H14FNO2. The van der Waals surface area contributed by atoms with E-state index in [0.29, 0.717) is 18.7 Å². The van der Waals surface area contributed by atoms with Crippen molar-refractivity contribution in [3.63, 3.8) is 0 Å². The van der Waals surface area contributed by atoms with Crippen LogP contribution >= 0.6 is 0 Å². The van der Waals surface area contributed by atoms with E-state index in [0.717, 1.165) is 0 Å². The second kappa shape index (κ2) is 5.57. The van der Waals surface area contributed by atoms with Crippen LogP contribution in [-0.2, 0) is 6.54 Å². The average molecular weight is 199 g/mol. The number of rotatable bonds is 5. The van der Waals surface area contributed by atoms with Crippen molar-refractivity contribution in [1.82, 2.24) is 5.32 Å². The van der Waals surface area contributed by atoms with Gasteiger partial charge < -0.3 is 15.2 Å². The maximum absolute atomic E-state index is 13.5. The molecule has 0 aliphatic heterocycles. The van der Waals surface area contributed by atoms with Gasteiger partial charge in [-0.1, -0.05) is 12.1 Å². The van der Waals surface area contributed by atoms with Crippen LogP contribution in [-0.4, -0.2) is 25.4 Å². The average Bonchev–Trinajstić information content (AvgIpc) is 2.21. The maximum atomic E-state index is 13.5. The van der Waals surface area contributed by atoms with E-state index in [-0.39, 0.29) is 18.2 Å². The molecular weight excluding hydrogens is 185 g/mol. The molecule has 0 bridgehead atoms. The molecule has 0 fully saturated rings. The van der Waals surface area contributed by atoms with Crippen LogP contribution in [0, 0.1) is 5.82 Å². The SMILES string of the molecule is COc1cccc(CNCCO)c1F. The normalized spacial score (nSPS) is 10.2. The lowest BCUT2D eigenvalue weighted by atomic mass is 10.2. The minimum absolute atomic E-state index is 0.0472. The third-order valence-electron chi connectivity index (χ3n) is 1.87. The van der Waals surface area contributed by atoms with Gasteiger partial charge in [0.1, 0.15) is 0 Å². The molecule has 0 saturated heterocycles. The lowest BCUT2D eigenvalue weighted by molar-refractivity contribution is 0.291. The van der Waals surface area contributed by atoms with E-state index in [1.54, 1.807) is 18.2 Å². The molecule has 0 heterocycles. The molecule has 4 heteroatoms. The van der Waals surface area contributed by atoms with Gasteiger partial charge in [-0.15, -0.1) is 0 Å². The Bertz CT molecular complexity index is 291. The van der Waals surface area contributed by atoms with Crippen LogP contribution in [0.2, 0.25) is 0 Å². The number of nitrogens with one attached hydrogen (secondary N) is 1. The van der Waals surface area contributed by atoms with Crippen molar-refractivity contribution < 1.29 is 14.2 Å². The van der Waals surface area contributed by atoms with Crippen LogP contribution in [0.5, 0.6) is 5.75 Å². The van der Waals surface area contributed by atoms with Crippen molar-refractivity contribution in [2.45, 2.75) is 6.54 Å². The fourth-order valence-corrected chi connectivity index (χ4v) is 1.15. The molecule has 1 aromatic carbocycles. The third-order valence-corrected chi connectivity index (χ3v) is 1.87. The summed E-state index contributed by atoms with van der Waals surface area (Å²) in [6, 6.07) is 4.99. The zero-order valence-electron chi connectivity index (χ0n) is 8.09. The molecule has 0 saturated carbocycles. The molecule has 78 valence electrons. The smallest absolute Gasteiger partial charge is 0.169 e. The number of aliphatic hydroxyl groups excluding tert-OH is 1. The predicted octanol–water partition coefficient (Wildman–Crippen LogP) is 0.916. The summed E-state index contributed by atoms with van der Waals surface area (Å²) >= 11 is 0. The fraction of sp³-hybridized carbons (Fsp3) is 0.400. The molecule has 0 atom stereocenters. The van der Waals surface area contributed by atoms with Crippen molar-refractivity contribution in [2.24, 2.45) is 0 Å². The first kappa shape index (κ1) is 10.9. The predicted molar refractivity (Wildman–Crippen MR) is 51.7 cm³/mol. The van der Waals surface area contributed by atoms with Gasteiger partial charge in [0.25, 0.3) is 0 Å². The molecule has 2 N–H and O–H groups in total. The van der Waals surface area contributed by atoms with Crippen LogP contribution in [0.3, 0.4) is 0 Å². The van der Waals surface area contributed by atoms with Gasteiger partial charge in [0.05, 0.1) is 13.7 Å². The summed E-state index contributed by atoms with van der Waals surface area (Å²) < 4.78 is 18.3. The van der Waals surface area contributed by atoms with Gasteiger partial charge in [-0.05, 0) is 6.07 Å². The van der Waals surface area contributed by atoms with Crippen molar-refractivity contribution in [1.29, 1.82) is 0 Å². The number of benzene rings is 1. The molecule has 14 heavy (non-hydrogen) atoms. The van der Waals surface area contributed by atoms with Gasteiger partial charge in [-0.3, -0.25) is 0 Å². The summed E-state index contributed by atoms with van der Waals surface area (Å²) in [5.41, 5.74) is 0.540. The molecule has 1 rings (SSSR count). The molecule has 0 aliphatic rings. The van der Waals surface area contributed by atoms with Crippen molar-refractivity contribution in [2.75, 3.05) is 20.3 Å². The first-order chi connectivity index (χ1) is 6.79. The minimum atomic E-state index is -0.347. The van der Waals surface area contributed by atoms with E-state index in [1.807, 2.05) is 0 Å². The van der Waals surface area contributed by atoms with E-state index in [4.69, 9.17) is 9.84 Å². The molecule has 3 nitrogen and oxygen atoms in total. The Morgan fingerprint density at radius 1 is 1.50 bits per heavy atom. The van der Waals surface area contributed by atoms with E-state index in [1.165, 1.54) is 7.11 Å².